The van der Waals surface area contributed by atoms with Crippen molar-refractivity contribution in [2.24, 2.45) is 11.7 Å². The predicted octanol–water partition coefficient (Wildman–Crippen LogP) is 1.80. The number of carbonyl (C=O) groups excluding carboxylic acids is 1. The number of nitrogens with two attached hydrogens (primary N) is 1. The van der Waals surface area contributed by atoms with Crippen molar-refractivity contribution in [1.82, 2.24) is 4.72 Å². The fourth-order valence-corrected chi connectivity index (χ4v) is 4.47. The summed E-state index contributed by atoms with van der Waals surface area (Å²) in [6, 6.07) is 6.40. The highest BCUT2D eigenvalue weighted by Gasteiger charge is 2.32. The lowest BCUT2D eigenvalue weighted by molar-refractivity contribution is -0.123. The van der Waals surface area contributed by atoms with Crippen LogP contribution in [0.3, 0.4) is 0 Å². The van der Waals surface area contributed by atoms with Crippen LogP contribution >= 0.6 is 11.6 Å². The Kier molecular flexibility index (Phi) is 5.24. The minimum absolute atomic E-state index is 0.200. The molecule has 0 aliphatic heterocycles. The summed E-state index contributed by atoms with van der Waals surface area (Å²) in [5.41, 5.74) is 5.90. The first kappa shape index (κ1) is 16.3. The van der Waals surface area contributed by atoms with Crippen molar-refractivity contribution in [2.45, 2.75) is 37.5 Å². The van der Waals surface area contributed by atoms with Gasteiger partial charge in [0.2, 0.25) is 15.9 Å². The molecule has 0 saturated heterocycles. The van der Waals surface area contributed by atoms with Crippen molar-refractivity contribution in [3.8, 4) is 0 Å². The molecule has 5 nitrogen and oxygen atoms in total. The van der Waals surface area contributed by atoms with Gasteiger partial charge < -0.3 is 5.73 Å². The standard InChI is InChI=1S/C14H19ClN2O3S/c15-12-7-3-1-5-10(12)9-21(19,20)17-13-8-4-2-6-11(13)14(16)18/h1,3,5,7,11,13,17H,2,4,6,8-9H2,(H2,16,18)/t11-,13-/m0/s1. The Bertz CT molecular complexity index is 618. The van der Waals surface area contributed by atoms with Crippen LogP contribution in [0.25, 0.3) is 0 Å². The first-order valence-electron chi connectivity index (χ1n) is 6.92. The Labute approximate surface area is 129 Å². The molecule has 1 amide bonds. The van der Waals surface area contributed by atoms with Gasteiger partial charge in [-0.1, -0.05) is 42.6 Å². The molecule has 116 valence electrons. The molecule has 7 heteroatoms. The molecule has 1 fully saturated rings. The number of sulfonamides is 1. The van der Waals surface area contributed by atoms with E-state index in [4.69, 9.17) is 17.3 Å². The average molecular weight is 331 g/mol. The van der Waals surface area contributed by atoms with Gasteiger partial charge in [0.25, 0.3) is 0 Å². The zero-order chi connectivity index (χ0) is 15.5. The maximum Gasteiger partial charge on any atom is 0.222 e. The van der Waals surface area contributed by atoms with Gasteiger partial charge in [0, 0.05) is 11.1 Å². The van der Waals surface area contributed by atoms with E-state index in [-0.39, 0.29) is 5.75 Å². The van der Waals surface area contributed by atoms with Gasteiger partial charge in [0.1, 0.15) is 0 Å². The summed E-state index contributed by atoms with van der Waals surface area (Å²) in [6.45, 7) is 0. The van der Waals surface area contributed by atoms with Gasteiger partial charge in [-0.2, -0.15) is 0 Å². The van der Waals surface area contributed by atoms with E-state index in [1.807, 2.05) is 0 Å². The molecule has 1 saturated carbocycles. The van der Waals surface area contributed by atoms with E-state index >= 15 is 0 Å². The third kappa shape index (κ3) is 4.43. The second-order valence-electron chi connectivity index (χ2n) is 5.37. The van der Waals surface area contributed by atoms with Crippen LogP contribution in [0.2, 0.25) is 5.02 Å². The molecule has 0 radical (unpaired) electrons. The second-order valence-corrected chi connectivity index (χ2v) is 7.53. The van der Waals surface area contributed by atoms with Crippen LogP contribution in [0.5, 0.6) is 0 Å². The van der Waals surface area contributed by atoms with E-state index in [2.05, 4.69) is 4.72 Å². The fourth-order valence-electron chi connectivity index (χ4n) is 2.70. The van der Waals surface area contributed by atoms with Crippen LogP contribution in [0.15, 0.2) is 24.3 Å². The van der Waals surface area contributed by atoms with Crippen molar-refractivity contribution in [3.05, 3.63) is 34.9 Å². The summed E-state index contributed by atoms with van der Waals surface area (Å²) in [5.74, 6) is -1.07. The lowest BCUT2D eigenvalue weighted by Gasteiger charge is -2.29. The normalized spacial score (nSPS) is 22.9. The summed E-state index contributed by atoms with van der Waals surface area (Å²) in [5, 5.41) is 0.415. The van der Waals surface area contributed by atoms with Crippen molar-refractivity contribution in [3.63, 3.8) is 0 Å². The molecule has 2 atom stereocenters. The van der Waals surface area contributed by atoms with E-state index in [0.29, 0.717) is 23.4 Å². The first-order chi connectivity index (χ1) is 9.89. The van der Waals surface area contributed by atoms with Crippen LogP contribution in [-0.2, 0) is 20.6 Å². The molecular weight excluding hydrogens is 312 g/mol. The van der Waals surface area contributed by atoms with E-state index in [1.165, 1.54) is 0 Å². The van der Waals surface area contributed by atoms with Crippen molar-refractivity contribution in [1.29, 1.82) is 0 Å². The molecule has 0 spiro atoms. The van der Waals surface area contributed by atoms with Gasteiger partial charge >= 0.3 is 0 Å². The molecule has 0 bridgehead atoms. The molecule has 1 aromatic carbocycles. The van der Waals surface area contributed by atoms with E-state index in [0.717, 1.165) is 12.8 Å². The summed E-state index contributed by atoms with van der Waals surface area (Å²) >= 11 is 5.99. The Morgan fingerprint density at radius 3 is 2.62 bits per heavy atom. The Morgan fingerprint density at radius 2 is 1.95 bits per heavy atom. The van der Waals surface area contributed by atoms with Crippen molar-refractivity contribution >= 4 is 27.5 Å². The maximum absolute atomic E-state index is 12.3. The highest BCUT2D eigenvalue weighted by molar-refractivity contribution is 7.88. The van der Waals surface area contributed by atoms with E-state index < -0.39 is 27.9 Å². The fraction of sp³-hybridized carbons (Fsp3) is 0.500. The highest BCUT2D eigenvalue weighted by Crippen LogP contribution is 2.25. The summed E-state index contributed by atoms with van der Waals surface area (Å²) in [4.78, 5) is 11.4. The number of hydrogen-bond donors (Lipinski definition) is 2. The third-order valence-electron chi connectivity index (χ3n) is 3.77. The number of rotatable bonds is 5. The zero-order valence-electron chi connectivity index (χ0n) is 11.6. The number of halogens is 1. The van der Waals surface area contributed by atoms with Gasteiger partial charge in [-0.25, -0.2) is 13.1 Å². The smallest absolute Gasteiger partial charge is 0.222 e. The average Bonchev–Trinajstić information content (AvgIpc) is 2.41. The monoisotopic (exact) mass is 330 g/mol. The Balaban J connectivity index is 2.09. The molecule has 1 aliphatic rings. The third-order valence-corrected chi connectivity index (χ3v) is 5.49. The molecular formula is C14H19ClN2O3S. The molecule has 2 rings (SSSR count). The quantitative estimate of drug-likeness (QED) is 0.862. The summed E-state index contributed by atoms with van der Waals surface area (Å²) in [6.07, 6.45) is 3.06. The lowest BCUT2D eigenvalue weighted by Crippen LogP contribution is -2.47. The highest BCUT2D eigenvalue weighted by atomic mass is 35.5. The van der Waals surface area contributed by atoms with E-state index in [1.54, 1.807) is 24.3 Å². The molecule has 21 heavy (non-hydrogen) atoms. The van der Waals surface area contributed by atoms with Gasteiger partial charge in [0.15, 0.2) is 0 Å². The van der Waals surface area contributed by atoms with Crippen LogP contribution in [-0.4, -0.2) is 20.4 Å². The largest absolute Gasteiger partial charge is 0.369 e. The number of carbonyl (C=O) groups is 1. The van der Waals surface area contributed by atoms with Crippen molar-refractivity contribution < 1.29 is 13.2 Å². The molecule has 1 aliphatic carbocycles. The van der Waals surface area contributed by atoms with Crippen LogP contribution < -0.4 is 10.5 Å². The minimum Gasteiger partial charge on any atom is -0.369 e. The summed E-state index contributed by atoms with van der Waals surface area (Å²) in [7, 11) is -3.57. The number of amides is 1. The SMILES string of the molecule is NC(=O)[C@H]1CCCC[C@@H]1NS(=O)(=O)Cc1ccccc1Cl. The molecule has 0 aromatic heterocycles. The first-order valence-corrected chi connectivity index (χ1v) is 8.95. The predicted molar refractivity (Wildman–Crippen MR) is 82.2 cm³/mol. The zero-order valence-corrected chi connectivity index (χ0v) is 13.2. The maximum atomic E-state index is 12.3. The van der Waals surface area contributed by atoms with Crippen LogP contribution in [0, 0.1) is 5.92 Å². The number of benzene rings is 1. The number of hydrogen-bond acceptors (Lipinski definition) is 3. The van der Waals surface area contributed by atoms with Gasteiger partial charge in [0.05, 0.1) is 11.7 Å². The van der Waals surface area contributed by atoms with Crippen LogP contribution in [0.1, 0.15) is 31.2 Å². The van der Waals surface area contributed by atoms with Crippen molar-refractivity contribution in [2.75, 3.05) is 0 Å². The number of primary amides is 1. The van der Waals surface area contributed by atoms with Crippen LogP contribution in [0.4, 0.5) is 0 Å². The second kappa shape index (κ2) is 6.77. The molecule has 0 unspecified atom stereocenters. The Morgan fingerprint density at radius 1 is 1.29 bits per heavy atom. The topological polar surface area (TPSA) is 89.3 Å². The van der Waals surface area contributed by atoms with Gasteiger partial charge in [-0.3, -0.25) is 4.79 Å². The Hall–Kier alpha value is -1.11. The summed E-state index contributed by atoms with van der Waals surface area (Å²) < 4.78 is 27.1. The molecule has 3 N–H and O–H groups in total. The van der Waals surface area contributed by atoms with E-state index in [9.17, 15) is 13.2 Å². The lowest BCUT2D eigenvalue weighted by atomic mass is 9.85. The molecule has 1 aromatic rings. The molecule has 0 heterocycles. The van der Waals surface area contributed by atoms with Gasteiger partial charge in [-0.15, -0.1) is 0 Å². The minimum atomic E-state index is -3.57. The van der Waals surface area contributed by atoms with Gasteiger partial charge in [-0.05, 0) is 24.5 Å². The number of nitrogens with one attached hydrogen (secondary N) is 1.